The van der Waals surface area contributed by atoms with Gasteiger partial charge in [-0.25, -0.2) is 9.59 Å². The van der Waals surface area contributed by atoms with Crippen LogP contribution in [-0.2, 0) is 9.59 Å². The molecule has 1 heterocycles. The van der Waals surface area contributed by atoms with Crippen molar-refractivity contribution < 1.29 is 19.8 Å². The van der Waals surface area contributed by atoms with Crippen molar-refractivity contribution in [2.75, 3.05) is 13.1 Å². The fraction of sp³-hybridized carbons (Fsp3) is 0.400. The Hall–Kier alpha value is -2.40. The second kappa shape index (κ2) is 9.79. The molecule has 1 saturated carbocycles. The highest BCUT2D eigenvalue weighted by molar-refractivity contribution is 5.89. The lowest BCUT2D eigenvalue weighted by Crippen LogP contribution is -2.46. The first-order valence-corrected chi connectivity index (χ1v) is 8.70. The quantitative estimate of drug-likeness (QED) is 0.819. The second-order valence-corrected chi connectivity index (χ2v) is 6.29. The SMILES string of the molecule is C(=C1\CCCCC1N1CCC1)/c1ccccc1.O=C(O)/C=C\C(=O)O. The molecule has 1 aliphatic carbocycles. The third-order valence-corrected chi connectivity index (χ3v) is 4.47. The number of nitrogens with zero attached hydrogens (tertiary/aromatic N) is 1. The molecule has 1 aromatic rings. The third kappa shape index (κ3) is 6.55. The van der Waals surface area contributed by atoms with Crippen molar-refractivity contribution in [1.82, 2.24) is 4.90 Å². The maximum absolute atomic E-state index is 9.55. The number of benzene rings is 1. The highest BCUT2D eigenvalue weighted by atomic mass is 16.4. The van der Waals surface area contributed by atoms with E-state index in [2.05, 4.69) is 41.3 Å². The molecule has 0 amide bonds. The fourth-order valence-corrected chi connectivity index (χ4v) is 3.16. The summed E-state index contributed by atoms with van der Waals surface area (Å²) in [6.07, 6.45) is 10.4. The molecule has 0 spiro atoms. The average Bonchev–Trinajstić information content (AvgIpc) is 2.55. The van der Waals surface area contributed by atoms with Crippen molar-refractivity contribution in [3.63, 3.8) is 0 Å². The number of likely N-dealkylation sites (tertiary alicyclic amines) is 1. The summed E-state index contributed by atoms with van der Waals surface area (Å²) in [7, 11) is 0. The molecule has 0 aromatic heterocycles. The predicted molar refractivity (Wildman–Crippen MR) is 97.3 cm³/mol. The Kier molecular flexibility index (Phi) is 7.41. The number of rotatable bonds is 4. The van der Waals surface area contributed by atoms with E-state index in [1.54, 1.807) is 5.57 Å². The van der Waals surface area contributed by atoms with Crippen LogP contribution in [0.5, 0.6) is 0 Å². The summed E-state index contributed by atoms with van der Waals surface area (Å²) >= 11 is 0. The van der Waals surface area contributed by atoms with E-state index in [1.165, 1.54) is 50.8 Å². The van der Waals surface area contributed by atoms with E-state index in [0.29, 0.717) is 12.2 Å². The summed E-state index contributed by atoms with van der Waals surface area (Å²) in [6, 6.07) is 11.5. The molecule has 0 radical (unpaired) electrons. The lowest BCUT2D eigenvalue weighted by Gasteiger charge is -2.42. The molecule has 3 rings (SSSR count). The van der Waals surface area contributed by atoms with Crippen LogP contribution in [0.2, 0.25) is 0 Å². The van der Waals surface area contributed by atoms with Crippen LogP contribution < -0.4 is 0 Å². The number of carbonyl (C=O) groups is 2. The van der Waals surface area contributed by atoms with Crippen molar-refractivity contribution in [2.24, 2.45) is 0 Å². The molecule has 0 bridgehead atoms. The van der Waals surface area contributed by atoms with E-state index in [4.69, 9.17) is 10.2 Å². The van der Waals surface area contributed by atoms with Crippen LogP contribution in [0.4, 0.5) is 0 Å². The molecule has 5 nitrogen and oxygen atoms in total. The minimum absolute atomic E-state index is 0.558. The summed E-state index contributed by atoms with van der Waals surface area (Å²) in [5.41, 5.74) is 3.04. The molecule has 2 aliphatic rings. The van der Waals surface area contributed by atoms with Crippen molar-refractivity contribution in [3.8, 4) is 0 Å². The molecule has 1 saturated heterocycles. The Balaban J connectivity index is 0.000000242. The zero-order valence-electron chi connectivity index (χ0n) is 14.3. The predicted octanol–water partition coefficient (Wildman–Crippen LogP) is 3.43. The lowest BCUT2D eigenvalue weighted by atomic mass is 9.86. The molecule has 5 heteroatoms. The molecular formula is C20H25NO4. The van der Waals surface area contributed by atoms with Gasteiger partial charge in [-0.3, -0.25) is 4.90 Å². The number of aliphatic carboxylic acids is 2. The Bertz CT molecular complexity index is 616. The van der Waals surface area contributed by atoms with Crippen LogP contribution in [0.1, 0.15) is 37.7 Å². The van der Waals surface area contributed by atoms with Gasteiger partial charge in [0.1, 0.15) is 0 Å². The van der Waals surface area contributed by atoms with Gasteiger partial charge in [0.25, 0.3) is 0 Å². The first-order valence-electron chi connectivity index (χ1n) is 8.70. The van der Waals surface area contributed by atoms with Gasteiger partial charge in [0, 0.05) is 18.2 Å². The van der Waals surface area contributed by atoms with Gasteiger partial charge in [0.15, 0.2) is 0 Å². The maximum Gasteiger partial charge on any atom is 0.328 e. The summed E-state index contributed by atoms with van der Waals surface area (Å²) in [5, 5.41) is 15.6. The minimum Gasteiger partial charge on any atom is -0.478 e. The van der Waals surface area contributed by atoms with Crippen molar-refractivity contribution in [2.45, 2.75) is 38.1 Å². The van der Waals surface area contributed by atoms with E-state index in [9.17, 15) is 9.59 Å². The normalized spacial score (nSPS) is 22.1. The molecule has 25 heavy (non-hydrogen) atoms. The van der Waals surface area contributed by atoms with Crippen LogP contribution in [0.15, 0.2) is 48.1 Å². The van der Waals surface area contributed by atoms with Crippen LogP contribution in [0, 0.1) is 0 Å². The molecule has 1 aromatic carbocycles. The van der Waals surface area contributed by atoms with Gasteiger partial charge < -0.3 is 10.2 Å². The molecule has 1 unspecified atom stereocenters. The van der Waals surface area contributed by atoms with E-state index < -0.39 is 11.9 Å². The molecule has 1 atom stereocenters. The monoisotopic (exact) mass is 343 g/mol. The van der Waals surface area contributed by atoms with Crippen LogP contribution in [0.3, 0.4) is 0 Å². The average molecular weight is 343 g/mol. The van der Waals surface area contributed by atoms with E-state index in [0.717, 1.165) is 6.04 Å². The van der Waals surface area contributed by atoms with Gasteiger partial charge in [0.05, 0.1) is 0 Å². The number of hydrogen-bond acceptors (Lipinski definition) is 3. The Labute approximate surface area is 148 Å². The van der Waals surface area contributed by atoms with Crippen molar-refractivity contribution in [1.29, 1.82) is 0 Å². The topological polar surface area (TPSA) is 77.8 Å². The van der Waals surface area contributed by atoms with Crippen LogP contribution in [0.25, 0.3) is 6.08 Å². The highest BCUT2D eigenvalue weighted by Gasteiger charge is 2.28. The molecule has 1 aliphatic heterocycles. The standard InChI is InChI=1S/C16H21N.C4H4O4/c1-2-7-14(8-3-1)13-15-9-4-5-10-16(15)17-11-6-12-17;5-3(6)1-2-4(7)8/h1-3,7-8,13,16H,4-6,9-12H2;1-2H,(H,5,6)(H,7,8)/b15-13-;2-1-. The molecule has 134 valence electrons. The molecular weight excluding hydrogens is 318 g/mol. The first-order chi connectivity index (χ1) is 12.1. The zero-order valence-corrected chi connectivity index (χ0v) is 14.3. The lowest BCUT2D eigenvalue weighted by molar-refractivity contribution is -0.134. The number of carboxylic acids is 2. The van der Waals surface area contributed by atoms with Gasteiger partial charge in [-0.2, -0.15) is 0 Å². The van der Waals surface area contributed by atoms with E-state index >= 15 is 0 Å². The van der Waals surface area contributed by atoms with Gasteiger partial charge in [-0.1, -0.05) is 48.4 Å². The summed E-state index contributed by atoms with van der Waals surface area (Å²) in [4.78, 5) is 21.8. The van der Waals surface area contributed by atoms with Gasteiger partial charge >= 0.3 is 11.9 Å². The molecule has 2 fully saturated rings. The number of carboxylic acid groups (broad SMARTS) is 2. The summed E-state index contributed by atoms with van der Waals surface area (Å²) in [6.45, 7) is 2.63. The zero-order chi connectivity index (χ0) is 18.1. The summed E-state index contributed by atoms with van der Waals surface area (Å²) in [5.74, 6) is -2.51. The van der Waals surface area contributed by atoms with Crippen LogP contribution >= 0.6 is 0 Å². The van der Waals surface area contributed by atoms with Gasteiger partial charge in [-0.15, -0.1) is 0 Å². The van der Waals surface area contributed by atoms with Gasteiger partial charge in [-0.05, 0) is 44.3 Å². The fourth-order valence-electron chi connectivity index (χ4n) is 3.16. The van der Waals surface area contributed by atoms with E-state index in [-0.39, 0.29) is 0 Å². The van der Waals surface area contributed by atoms with Crippen molar-refractivity contribution >= 4 is 18.0 Å². The minimum atomic E-state index is -1.26. The number of hydrogen-bond donors (Lipinski definition) is 2. The third-order valence-electron chi connectivity index (χ3n) is 4.47. The van der Waals surface area contributed by atoms with Gasteiger partial charge in [0.2, 0.25) is 0 Å². The Morgan fingerprint density at radius 3 is 2.12 bits per heavy atom. The van der Waals surface area contributed by atoms with E-state index in [1.807, 2.05) is 0 Å². The highest BCUT2D eigenvalue weighted by Crippen LogP contribution is 2.31. The first kappa shape index (κ1) is 18.9. The Morgan fingerprint density at radius 2 is 1.60 bits per heavy atom. The summed E-state index contributed by atoms with van der Waals surface area (Å²) < 4.78 is 0. The largest absolute Gasteiger partial charge is 0.478 e. The van der Waals surface area contributed by atoms with Crippen molar-refractivity contribution in [3.05, 3.63) is 53.6 Å². The smallest absolute Gasteiger partial charge is 0.328 e. The van der Waals surface area contributed by atoms with Crippen LogP contribution in [-0.4, -0.2) is 46.2 Å². The maximum atomic E-state index is 9.55. The Morgan fingerprint density at radius 1 is 0.960 bits per heavy atom. The second-order valence-electron chi connectivity index (χ2n) is 6.29. The molecule has 2 N–H and O–H groups in total.